The summed E-state index contributed by atoms with van der Waals surface area (Å²) in [6.07, 6.45) is 1.45. The number of aromatic nitrogens is 3. The molecule has 0 radical (unpaired) electrons. The number of hydrogen-bond donors (Lipinski definition) is 1. The molecule has 0 fully saturated rings. The third-order valence-corrected chi connectivity index (χ3v) is 5.59. The number of carbonyl (C=O) groups is 1. The van der Waals surface area contributed by atoms with E-state index in [4.69, 9.17) is 4.52 Å². The van der Waals surface area contributed by atoms with Crippen LogP contribution in [-0.4, -0.2) is 40.8 Å². The minimum atomic E-state index is -3.23. The lowest BCUT2D eigenvalue weighted by atomic mass is 10.3. The molecule has 1 amide bonds. The summed E-state index contributed by atoms with van der Waals surface area (Å²) in [5.74, 6) is 0.730. The first-order valence-electron chi connectivity index (χ1n) is 8.00. The molecule has 134 valence electrons. The van der Waals surface area contributed by atoms with Crippen LogP contribution in [0, 0.1) is 6.92 Å². The number of para-hydroxylation sites is 2. The van der Waals surface area contributed by atoms with E-state index in [0.717, 1.165) is 22.3 Å². The standard InChI is InChI=1S/C17H16N4O4S/c1-11-18-14-4-2-3-5-16(14)21(11)9-13-8-15(20-25-13)17(22)19-12-6-7-26(23,24)10-12/h2-8,12H,9-10H2,1H3,(H,19,22)/t12-/m0/s1. The normalized spacial score (nSPS) is 18.4. The molecule has 1 aliphatic rings. The monoisotopic (exact) mass is 372 g/mol. The van der Waals surface area contributed by atoms with Gasteiger partial charge < -0.3 is 14.4 Å². The van der Waals surface area contributed by atoms with Crippen LogP contribution in [0.3, 0.4) is 0 Å². The van der Waals surface area contributed by atoms with Gasteiger partial charge in [0, 0.05) is 11.5 Å². The number of amides is 1. The molecule has 3 aromatic rings. The Hall–Kier alpha value is -2.94. The topological polar surface area (TPSA) is 107 Å². The van der Waals surface area contributed by atoms with E-state index in [2.05, 4.69) is 15.5 Å². The van der Waals surface area contributed by atoms with Gasteiger partial charge in [0.25, 0.3) is 5.91 Å². The van der Waals surface area contributed by atoms with E-state index in [0.29, 0.717) is 12.3 Å². The Labute approximate surface area is 149 Å². The Morgan fingerprint density at radius 3 is 2.96 bits per heavy atom. The highest BCUT2D eigenvalue weighted by atomic mass is 32.2. The zero-order valence-electron chi connectivity index (χ0n) is 13.9. The van der Waals surface area contributed by atoms with Gasteiger partial charge in [-0.15, -0.1) is 0 Å². The number of rotatable bonds is 4. The van der Waals surface area contributed by atoms with Crippen molar-refractivity contribution in [3.05, 3.63) is 59.1 Å². The molecule has 0 saturated carbocycles. The molecule has 0 aliphatic carbocycles. The Kier molecular flexibility index (Phi) is 3.87. The van der Waals surface area contributed by atoms with Gasteiger partial charge in [-0.2, -0.15) is 0 Å². The van der Waals surface area contributed by atoms with Gasteiger partial charge in [-0.25, -0.2) is 13.4 Å². The van der Waals surface area contributed by atoms with Crippen molar-refractivity contribution in [2.24, 2.45) is 0 Å². The summed E-state index contributed by atoms with van der Waals surface area (Å²) in [5, 5.41) is 7.52. The molecule has 3 heterocycles. The third-order valence-electron chi connectivity index (χ3n) is 4.20. The molecule has 9 heteroatoms. The van der Waals surface area contributed by atoms with Crippen molar-refractivity contribution in [2.75, 3.05) is 5.75 Å². The fourth-order valence-electron chi connectivity index (χ4n) is 2.95. The number of hydrogen-bond acceptors (Lipinski definition) is 6. The molecule has 1 aliphatic heterocycles. The maximum atomic E-state index is 12.2. The number of sulfone groups is 1. The SMILES string of the molecule is Cc1nc2ccccc2n1Cc1cc(C(=O)N[C@H]2C=CS(=O)(=O)C2)no1. The highest BCUT2D eigenvalue weighted by Crippen LogP contribution is 2.18. The second-order valence-electron chi connectivity index (χ2n) is 6.15. The van der Waals surface area contributed by atoms with Gasteiger partial charge in [-0.3, -0.25) is 4.79 Å². The highest BCUT2D eigenvalue weighted by molar-refractivity contribution is 7.94. The summed E-state index contributed by atoms with van der Waals surface area (Å²) in [6.45, 7) is 2.29. The molecule has 1 N–H and O–H groups in total. The quantitative estimate of drug-likeness (QED) is 0.742. The molecule has 4 rings (SSSR count). The van der Waals surface area contributed by atoms with Gasteiger partial charge >= 0.3 is 0 Å². The number of benzene rings is 1. The van der Waals surface area contributed by atoms with E-state index >= 15 is 0 Å². The Balaban J connectivity index is 1.50. The zero-order chi connectivity index (χ0) is 18.3. The van der Waals surface area contributed by atoms with Crippen LogP contribution >= 0.6 is 0 Å². The van der Waals surface area contributed by atoms with Crippen LogP contribution in [0.4, 0.5) is 0 Å². The van der Waals surface area contributed by atoms with Gasteiger partial charge in [0.1, 0.15) is 5.82 Å². The predicted octanol–water partition coefficient (Wildman–Crippen LogP) is 1.42. The molecule has 2 aromatic heterocycles. The van der Waals surface area contributed by atoms with E-state index in [-0.39, 0.29) is 11.4 Å². The van der Waals surface area contributed by atoms with Crippen molar-refractivity contribution >= 4 is 26.8 Å². The van der Waals surface area contributed by atoms with E-state index in [9.17, 15) is 13.2 Å². The second-order valence-corrected chi connectivity index (χ2v) is 8.08. The van der Waals surface area contributed by atoms with Crippen LogP contribution in [0.1, 0.15) is 22.1 Å². The van der Waals surface area contributed by atoms with E-state index in [1.165, 1.54) is 6.08 Å². The largest absolute Gasteiger partial charge is 0.359 e. The van der Waals surface area contributed by atoms with Crippen LogP contribution in [0.2, 0.25) is 0 Å². The summed E-state index contributed by atoms with van der Waals surface area (Å²) < 4.78 is 30.0. The number of aryl methyl sites for hydroxylation is 1. The average Bonchev–Trinajstić information content (AvgIpc) is 3.27. The number of nitrogens with one attached hydrogen (secondary N) is 1. The number of carbonyl (C=O) groups excluding carboxylic acids is 1. The van der Waals surface area contributed by atoms with Crippen LogP contribution in [0.15, 0.2) is 46.3 Å². The Bertz CT molecular complexity index is 1130. The molecule has 1 aromatic carbocycles. The van der Waals surface area contributed by atoms with Crippen LogP contribution in [0.25, 0.3) is 11.0 Å². The Morgan fingerprint density at radius 2 is 2.19 bits per heavy atom. The fraction of sp³-hybridized carbons (Fsp3) is 0.235. The fourth-order valence-corrected chi connectivity index (χ4v) is 4.19. The summed E-state index contributed by atoms with van der Waals surface area (Å²) in [7, 11) is -3.23. The summed E-state index contributed by atoms with van der Waals surface area (Å²) >= 11 is 0. The first kappa shape index (κ1) is 16.5. The Morgan fingerprint density at radius 1 is 1.38 bits per heavy atom. The highest BCUT2D eigenvalue weighted by Gasteiger charge is 2.24. The van der Waals surface area contributed by atoms with E-state index in [1.54, 1.807) is 6.07 Å². The molecule has 0 unspecified atom stereocenters. The predicted molar refractivity (Wildman–Crippen MR) is 94.3 cm³/mol. The minimum absolute atomic E-state index is 0.111. The molecule has 0 bridgehead atoms. The number of fused-ring (bicyclic) bond motifs is 1. The molecule has 0 spiro atoms. The van der Waals surface area contributed by atoms with Crippen molar-refractivity contribution in [1.82, 2.24) is 20.0 Å². The summed E-state index contributed by atoms with van der Waals surface area (Å²) in [5.41, 5.74) is 1.96. The minimum Gasteiger partial charge on any atom is -0.359 e. The van der Waals surface area contributed by atoms with Crippen LogP contribution < -0.4 is 5.32 Å². The molecular formula is C17H16N4O4S. The van der Waals surface area contributed by atoms with Crippen molar-refractivity contribution in [1.29, 1.82) is 0 Å². The lowest BCUT2D eigenvalue weighted by Gasteiger charge is -2.07. The van der Waals surface area contributed by atoms with Crippen LogP contribution in [0.5, 0.6) is 0 Å². The maximum absolute atomic E-state index is 12.2. The van der Waals surface area contributed by atoms with Gasteiger partial charge in [0.2, 0.25) is 0 Å². The van der Waals surface area contributed by atoms with Crippen molar-refractivity contribution < 1.29 is 17.7 Å². The zero-order valence-corrected chi connectivity index (χ0v) is 14.7. The van der Waals surface area contributed by atoms with Gasteiger partial charge in [0.15, 0.2) is 21.3 Å². The third kappa shape index (κ3) is 3.13. The van der Waals surface area contributed by atoms with Crippen molar-refractivity contribution in [2.45, 2.75) is 19.5 Å². The molecule has 26 heavy (non-hydrogen) atoms. The average molecular weight is 372 g/mol. The summed E-state index contributed by atoms with van der Waals surface area (Å²) in [4.78, 5) is 16.7. The maximum Gasteiger partial charge on any atom is 0.273 e. The van der Waals surface area contributed by atoms with Crippen molar-refractivity contribution in [3.63, 3.8) is 0 Å². The lowest BCUT2D eigenvalue weighted by molar-refractivity contribution is 0.0938. The first-order valence-corrected chi connectivity index (χ1v) is 9.72. The van der Waals surface area contributed by atoms with E-state index in [1.807, 2.05) is 35.8 Å². The summed E-state index contributed by atoms with van der Waals surface area (Å²) in [6, 6.07) is 8.76. The molecule has 1 atom stereocenters. The van der Waals surface area contributed by atoms with Gasteiger partial charge in [0.05, 0.1) is 29.4 Å². The van der Waals surface area contributed by atoms with Crippen molar-refractivity contribution in [3.8, 4) is 0 Å². The molecule has 0 saturated heterocycles. The first-order chi connectivity index (χ1) is 12.4. The number of nitrogens with zero attached hydrogens (tertiary/aromatic N) is 3. The smallest absolute Gasteiger partial charge is 0.273 e. The van der Waals surface area contributed by atoms with Gasteiger partial charge in [-0.05, 0) is 25.1 Å². The number of imidazole rings is 1. The van der Waals surface area contributed by atoms with Gasteiger partial charge in [-0.1, -0.05) is 17.3 Å². The molecule has 8 nitrogen and oxygen atoms in total. The lowest BCUT2D eigenvalue weighted by Crippen LogP contribution is -2.35. The second kappa shape index (κ2) is 6.10. The van der Waals surface area contributed by atoms with E-state index < -0.39 is 21.8 Å². The molecular weight excluding hydrogens is 356 g/mol. The van der Waals surface area contributed by atoms with Crippen LogP contribution in [-0.2, 0) is 16.4 Å².